The number of amides is 2. The fraction of sp³-hybridized carbons (Fsp3) is 0.0435. The third kappa shape index (κ3) is 4.06. The van der Waals surface area contributed by atoms with Crippen molar-refractivity contribution >= 4 is 39.9 Å². The highest BCUT2D eigenvalue weighted by Crippen LogP contribution is 2.28. The van der Waals surface area contributed by atoms with Crippen molar-refractivity contribution in [1.29, 1.82) is 5.26 Å². The van der Waals surface area contributed by atoms with Crippen molar-refractivity contribution < 1.29 is 9.59 Å². The molecule has 3 aromatic heterocycles. The maximum absolute atomic E-state index is 12.4. The van der Waals surface area contributed by atoms with E-state index >= 15 is 0 Å². The van der Waals surface area contributed by atoms with Crippen LogP contribution in [0.15, 0.2) is 61.1 Å². The zero-order valence-electron chi connectivity index (χ0n) is 17.0. The number of para-hydroxylation sites is 1. The largest absolute Gasteiger partial charge is 0.383 e. The maximum atomic E-state index is 12.4. The Kier molecular flexibility index (Phi) is 5.42. The van der Waals surface area contributed by atoms with Crippen molar-refractivity contribution in [2.45, 2.75) is 6.92 Å². The van der Waals surface area contributed by atoms with E-state index in [1.165, 1.54) is 12.3 Å². The SMILES string of the molecule is Cc1ccncc1-c1cc2cc(NC(=O)C(=O)Nc3ccccc3C#N)ncc2c(N)n1. The smallest absolute Gasteiger partial charge is 0.315 e. The highest BCUT2D eigenvalue weighted by Gasteiger charge is 2.17. The van der Waals surface area contributed by atoms with Gasteiger partial charge in [-0.3, -0.25) is 14.6 Å². The Morgan fingerprint density at radius 3 is 2.62 bits per heavy atom. The first kappa shape index (κ1) is 20.4. The van der Waals surface area contributed by atoms with Crippen LogP contribution in [-0.4, -0.2) is 26.8 Å². The van der Waals surface area contributed by atoms with Gasteiger partial charge >= 0.3 is 11.8 Å². The van der Waals surface area contributed by atoms with Crippen molar-refractivity contribution in [1.82, 2.24) is 15.0 Å². The minimum Gasteiger partial charge on any atom is -0.383 e. The molecule has 4 aromatic rings. The van der Waals surface area contributed by atoms with Crippen LogP contribution in [0.5, 0.6) is 0 Å². The Morgan fingerprint density at radius 1 is 1.06 bits per heavy atom. The van der Waals surface area contributed by atoms with Gasteiger partial charge in [-0.05, 0) is 48.2 Å². The fourth-order valence-electron chi connectivity index (χ4n) is 3.15. The van der Waals surface area contributed by atoms with E-state index < -0.39 is 11.8 Å². The van der Waals surface area contributed by atoms with Gasteiger partial charge in [0.15, 0.2) is 0 Å². The van der Waals surface area contributed by atoms with Gasteiger partial charge in [-0.25, -0.2) is 9.97 Å². The summed E-state index contributed by atoms with van der Waals surface area (Å²) in [6.45, 7) is 1.94. The number of anilines is 3. The number of nitrogens with one attached hydrogen (secondary N) is 2. The minimum absolute atomic E-state index is 0.172. The lowest BCUT2D eigenvalue weighted by Gasteiger charge is -2.10. The Labute approximate surface area is 183 Å². The van der Waals surface area contributed by atoms with Gasteiger partial charge in [-0.2, -0.15) is 5.26 Å². The van der Waals surface area contributed by atoms with Gasteiger partial charge in [0, 0.05) is 29.5 Å². The summed E-state index contributed by atoms with van der Waals surface area (Å²) in [5.41, 5.74) is 9.06. The second-order valence-electron chi connectivity index (χ2n) is 6.94. The number of benzene rings is 1. The molecule has 2 amide bonds. The number of aryl methyl sites for hydroxylation is 1. The monoisotopic (exact) mass is 423 g/mol. The van der Waals surface area contributed by atoms with Crippen LogP contribution in [0.3, 0.4) is 0 Å². The summed E-state index contributed by atoms with van der Waals surface area (Å²) in [6.07, 6.45) is 4.88. The van der Waals surface area contributed by atoms with Crippen molar-refractivity contribution in [3.63, 3.8) is 0 Å². The molecule has 0 atom stereocenters. The van der Waals surface area contributed by atoms with E-state index in [-0.39, 0.29) is 22.9 Å². The first-order valence-electron chi connectivity index (χ1n) is 9.55. The topological polar surface area (TPSA) is 147 Å². The summed E-state index contributed by atoms with van der Waals surface area (Å²) in [6, 6.07) is 13.6. The van der Waals surface area contributed by atoms with Crippen LogP contribution >= 0.6 is 0 Å². The van der Waals surface area contributed by atoms with E-state index in [0.717, 1.165) is 11.1 Å². The molecule has 0 fully saturated rings. The number of pyridine rings is 3. The van der Waals surface area contributed by atoms with Gasteiger partial charge in [-0.15, -0.1) is 0 Å². The zero-order valence-corrected chi connectivity index (χ0v) is 17.0. The van der Waals surface area contributed by atoms with Crippen LogP contribution in [0.1, 0.15) is 11.1 Å². The van der Waals surface area contributed by atoms with Crippen LogP contribution < -0.4 is 16.4 Å². The lowest BCUT2D eigenvalue weighted by molar-refractivity contribution is -0.133. The molecule has 0 aliphatic carbocycles. The first-order valence-corrected chi connectivity index (χ1v) is 9.55. The summed E-state index contributed by atoms with van der Waals surface area (Å²) in [5, 5.41) is 15.3. The molecule has 32 heavy (non-hydrogen) atoms. The number of nitrogen functional groups attached to an aromatic ring is 1. The quantitative estimate of drug-likeness (QED) is 0.429. The second kappa shape index (κ2) is 8.49. The molecule has 0 spiro atoms. The van der Waals surface area contributed by atoms with Crippen molar-refractivity contribution in [3.8, 4) is 17.3 Å². The molecule has 0 saturated heterocycles. The summed E-state index contributed by atoms with van der Waals surface area (Å²) < 4.78 is 0. The molecular weight excluding hydrogens is 406 g/mol. The predicted molar refractivity (Wildman–Crippen MR) is 120 cm³/mol. The maximum Gasteiger partial charge on any atom is 0.315 e. The van der Waals surface area contributed by atoms with Gasteiger partial charge in [0.2, 0.25) is 0 Å². The van der Waals surface area contributed by atoms with E-state index in [2.05, 4.69) is 25.6 Å². The predicted octanol–water partition coefficient (Wildman–Crippen LogP) is 3.03. The number of carbonyl (C=O) groups is 2. The van der Waals surface area contributed by atoms with Gasteiger partial charge in [0.05, 0.1) is 16.9 Å². The molecule has 1 aromatic carbocycles. The molecule has 4 N–H and O–H groups in total. The number of fused-ring (bicyclic) bond motifs is 1. The molecule has 0 bridgehead atoms. The van der Waals surface area contributed by atoms with E-state index in [1.54, 1.807) is 36.7 Å². The Bertz CT molecular complexity index is 1410. The summed E-state index contributed by atoms with van der Waals surface area (Å²) in [7, 11) is 0. The summed E-state index contributed by atoms with van der Waals surface area (Å²) >= 11 is 0. The summed E-state index contributed by atoms with van der Waals surface area (Å²) in [4.78, 5) is 37.4. The number of nitrogens with two attached hydrogens (primary N) is 1. The Balaban J connectivity index is 1.59. The second-order valence-corrected chi connectivity index (χ2v) is 6.94. The number of nitriles is 1. The van der Waals surface area contributed by atoms with Crippen molar-refractivity contribution in [2.75, 3.05) is 16.4 Å². The van der Waals surface area contributed by atoms with Crippen LogP contribution in [0.25, 0.3) is 22.0 Å². The molecule has 0 unspecified atom stereocenters. The third-order valence-electron chi connectivity index (χ3n) is 4.80. The zero-order chi connectivity index (χ0) is 22.7. The number of nitrogens with zero attached hydrogens (tertiary/aromatic N) is 4. The highest BCUT2D eigenvalue weighted by molar-refractivity contribution is 6.43. The van der Waals surface area contributed by atoms with E-state index in [1.807, 2.05) is 25.1 Å². The first-order chi connectivity index (χ1) is 15.5. The molecule has 0 aliphatic heterocycles. The molecule has 9 nitrogen and oxygen atoms in total. The Morgan fingerprint density at radius 2 is 1.84 bits per heavy atom. The molecule has 0 saturated carbocycles. The minimum atomic E-state index is -0.921. The molecule has 9 heteroatoms. The molecule has 0 aliphatic rings. The average molecular weight is 423 g/mol. The highest BCUT2D eigenvalue weighted by atomic mass is 16.2. The molecule has 0 radical (unpaired) electrons. The lowest BCUT2D eigenvalue weighted by Crippen LogP contribution is -2.29. The van der Waals surface area contributed by atoms with Crippen molar-refractivity contribution in [3.05, 3.63) is 72.2 Å². The third-order valence-corrected chi connectivity index (χ3v) is 4.80. The van der Waals surface area contributed by atoms with Gasteiger partial charge < -0.3 is 16.4 Å². The number of rotatable bonds is 3. The van der Waals surface area contributed by atoms with E-state index in [9.17, 15) is 9.59 Å². The molecular formula is C23H17N7O2. The standard InChI is InChI=1S/C23H17N7O2/c1-13-6-7-26-11-16(13)19-8-15-9-20(27-12-17(15)21(25)28-19)30-23(32)22(31)29-18-5-3-2-4-14(18)10-24/h2-9,11-12H,1H3,(H2,25,28)(H,29,31)(H,27,30,32). The summed E-state index contributed by atoms with van der Waals surface area (Å²) in [5.74, 6) is -1.38. The van der Waals surface area contributed by atoms with Crippen molar-refractivity contribution in [2.24, 2.45) is 0 Å². The number of hydrogen-bond donors (Lipinski definition) is 3. The molecule has 156 valence electrons. The number of hydrogen-bond acceptors (Lipinski definition) is 7. The van der Waals surface area contributed by atoms with Gasteiger partial charge in [0.25, 0.3) is 0 Å². The van der Waals surface area contributed by atoms with E-state index in [4.69, 9.17) is 11.0 Å². The van der Waals surface area contributed by atoms with Crippen LogP contribution in [0.2, 0.25) is 0 Å². The average Bonchev–Trinajstić information content (AvgIpc) is 2.79. The van der Waals surface area contributed by atoms with Crippen LogP contribution in [0.4, 0.5) is 17.3 Å². The van der Waals surface area contributed by atoms with Gasteiger partial charge in [-0.1, -0.05) is 12.1 Å². The normalized spacial score (nSPS) is 10.4. The van der Waals surface area contributed by atoms with Gasteiger partial charge in [0.1, 0.15) is 17.7 Å². The van der Waals surface area contributed by atoms with Crippen LogP contribution in [0, 0.1) is 18.3 Å². The fourth-order valence-corrected chi connectivity index (χ4v) is 3.15. The number of aromatic nitrogens is 3. The molecule has 3 heterocycles. The Hall–Kier alpha value is -4.84. The lowest BCUT2D eigenvalue weighted by atomic mass is 10.1. The molecule has 4 rings (SSSR count). The van der Waals surface area contributed by atoms with E-state index in [0.29, 0.717) is 16.5 Å². The van der Waals surface area contributed by atoms with Crippen LogP contribution in [-0.2, 0) is 9.59 Å². The number of carbonyl (C=O) groups excluding carboxylic acids is 2.